The summed E-state index contributed by atoms with van der Waals surface area (Å²) in [6.45, 7) is 3.29. The molecule has 6 nitrogen and oxygen atoms in total. The molecule has 2 rings (SSSR count). The quantitative estimate of drug-likeness (QED) is 0.600. The Kier molecular flexibility index (Phi) is 3.28. The van der Waals surface area contributed by atoms with Crippen LogP contribution in [0.5, 0.6) is 0 Å². The smallest absolute Gasteiger partial charge is 0.343 e. The second-order valence-corrected chi connectivity index (χ2v) is 4.50. The van der Waals surface area contributed by atoms with Gasteiger partial charge < -0.3 is 14.8 Å². The van der Waals surface area contributed by atoms with Crippen molar-refractivity contribution in [3.8, 4) is 0 Å². The van der Waals surface area contributed by atoms with Crippen LogP contribution in [0, 0.1) is 0 Å². The van der Waals surface area contributed by atoms with Crippen molar-refractivity contribution < 1.29 is 14.6 Å². The number of hydrogen-bond acceptors (Lipinski definition) is 5. The van der Waals surface area contributed by atoms with Gasteiger partial charge in [-0.05, 0) is 19.4 Å². The lowest BCUT2D eigenvalue weighted by atomic mass is 9.86. The highest BCUT2D eigenvalue weighted by molar-refractivity contribution is 5.97. The van der Waals surface area contributed by atoms with Gasteiger partial charge in [0.2, 0.25) is 0 Å². The molecule has 0 aromatic carbocycles. The molecule has 0 saturated heterocycles. The van der Waals surface area contributed by atoms with Crippen molar-refractivity contribution in [2.24, 2.45) is 4.99 Å². The number of nitrogens with one attached hydrogen (secondary N) is 1. The maximum Gasteiger partial charge on any atom is 0.343 e. The number of aromatic nitrogens is 1. The molecule has 0 fully saturated rings. The van der Waals surface area contributed by atoms with Crippen molar-refractivity contribution >= 4 is 11.7 Å². The highest BCUT2D eigenvalue weighted by atomic mass is 16.6. The first-order valence-electron chi connectivity index (χ1n) is 6.04. The number of carbonyl (C=O) groups is 1. The van der Waals surface area contributed by atoms with Gasteiger partial charge in [0.15, 0.2) is 5.60 Å². The molecule has 1 unspecified atom stereocenters. The zero-order valence-corrected chi connectivity index (χ0v) is 11.1. The number of H-pyrrole nitrogens is 1. The van der Waals surface area contributed by atoms with Crippen LogP contribution in [0.2, 0.25) is 0 Å². The van der Waals surface area contributed by atoms with Gasteiger partial charge in [-0.3, -0.25) is 9.79 Å². The Balaban J connectivity index is 2.73. The number of esters is 1. The van der Waals surface area contributed by atoms with E-state index in [-0.39, 0.29) is 24.2 Å². The number of fused-ring (bicyclic) bond motifs is 1. The summed E-state index contributed by atoms with van der Waals surface area (Å²) >= 11 is 0. The fraction of sp³-hybridized carbons (Fsp3) is 0.462. The average Bonchev–Trinajstić information content (AvgIpc) is 2.42. The first-order chi connectivity index (χ1) is 8.93. The third-order valence-corrected chi connectivity index (χ3v) is 3.50. The van der Waals surface area contributed by atoms with Crippen molar-refractivity contribution in [2.45, 2.75) is 32.5 Å². The van der Waals surface area contributed by atoms with Crippen molar-refractivity contribution in [2.75, 3.05) is 7.05 Å². The molecule has 0 bridgehead atoms. The number of pyridine rings is 1. The van der Waals surface area contributed by atoms with Crippen LogP contribution >= 0.6 is 0 Å². The number of carbonyl (C=O) groups excluding carboxylic acids is 1. The maximum atomic E-state index is 12.0. The summed E-state index contributed by atoms with van der Waals surface area (Å²) in [5, 5.41) is 10.4. The average molecular weight is 264 g/mol. The molecule has 1 atom stereocenters. The van der Waals surface area contributed by atoms with Crippen molar-refractivity contribution in [1.29, 1.82) is 0 Å². The zero-order chi connectivity index (χ0) is 14.2. The highest BCUT2D eigenvalue weighted by Gasteiger charge is 2.44. The van der Waals surface area contributed by atoms with Crippen LogP contribution in [0.1, 0.15) is 37.1 Å². The Morgan fingerprint density at radius 2 is 2.26 bits per heavy atom. The molecule has 102 valence electrons. The molecule has 1 aromatic rings. The minimum absolute atomic E-state index is 0.117. The molecule has 2 N–H and O–H groups in total. The summed E-state index contributed by atoms with van der Waals surface area (Å²) in [7, 11) is 1.60. The van der Waals surface area contributed by atoms with Crippen LogP contribution in [0.25, 0.3) is 0 Å². The Bertz CT molecular complexity index is 618. The number of cyclic esters (lactones) is 1. The predicted molar refractivity (Wildman–Crippen MR) is 69.2 cm³/mol. The standard InChI is InChI=1S/C13H16N2O4/c1-4-13(18)9-5-10(7(2)14-3)15-11(16)8(9)6-19-12(13)17/h5,18H,4,6H2,1-3H3,(H,15,16)/b14-7+. The van der Waals surface area contributed by atoms with Crippen LogP contribution in [-0.2, 0) is 21.7 Å². The molecule has 0 spiro atoms. The summed E-state index contributed by atoms with van der Waals surface area (Å²) in [4.78, 5) is 30.4. The van der Waals surface area contributed by atoms with Gasteiger partial charge in [0.25, 0.3) is 5.56 Å². The normalized spacial score (nSPS) is 22.9. The summed E-state index contributed by atoms with van der Waals surface area (Å²) in [5.41, 5.74) is -0.408. The Labute approximate surface area is 110 Å². The van der Waals surface area contributed by atoms with E-state index in [9.17, 15) is 14.7 Å². The lowest BCUT2D eigenvalue weighted by Crippen LogP contribution is -2.43. The highest BCUT2D eigenvalue weighted by Crippen LogP contribution is 2.32. The number of aliphatic imine (C=N–C) groups is 1. The van der Waals surface area contributed by atoms with Crippen LogP contribution in [0.15, 0.2) is 15.9 Å². The van der Waals surface area contributed by atoms with Crippen LogP contribution in [0.4, 0.5) is 0 Å². The minimum atomic E-state index is -1.76. The molecule has 1 aliphatic rings. The van der Waals surface area contributed by atoms with Gasteiger partial charge >= 0.3 is 5.97 Å². The number of aliphatic hydroxyl groups is 1. The molecule has 0 aliphatic carbocycles. The largest absolute Gasteiger partial charge is 0.458 e. The molecule has 6 heteroatoms. The molecule has 2 heterocycles. The van der Waals surface area contributed by atoms with Gasteiger partial charge in [-0.1, -0.05) is 6.92 Å². The SMILES string of the molecule is CCC1(O)C(=O)OCc2c1cc(/C(C)=N/C)[nH]c2=O. The second-order valence-electron chi connectivity index (χ2n) is 4.50. The van der Waals surface area contributed by atoms with Crippen molar-refractivity contribution in [3.63, 3.8) is 0 Å². The Morgan fingerprint density at radius 3 is 2.84 bits per heavy atom. The van der Waals surface area contributed by atoms with E-state index in [0.717, 1.165) is 0 Å². The van der Waals surface area contributed by atoms with E-state index >= 15 is 0 Å². The number of rotatable bonds is 2. The van der Waals surface area contributed by atoms with E-state index in [4.69, 9.17) is 4.74 Å². The summed E-state index contributed by atoms with van der Waals surface area (Å²) in [6.07, 6.45) is 0.143. The van der Waals surface area contributed by atoms with Crippen LogP contribution in [-0.4, -0.2) is 28.8 Å². The lowest BCUT2D eigenvalue weighted by Gasteiger charge is -2.31. The number of hydrogen-bond donors (Lipinski definition) is 2. The van der Waals surface area contributed by atoms with Gasteiger partial charge in [-0.25, -0.2) is 4.79 Å². The number of ether oxygens (including phenoxy) is 1. The van der Waals surface area contributed by atoms with Crippen LogP contribution < -0.4 is 5.56 Å². The summed E-state index contributed by atoms with van der Waals surface area (Å²) in [5.74, 6) is -0.717. The minimum Gasteiger partial charge on any atom is -0.458 e. The summed E-state index contributed by atoms with van der Waals surface area (Å²) in [6, 6.07) is 1.60. The molecule has 0 radical (unpaired) electrons. The fourth-order valence-corrected chi connectivity index (χ4v) is 2.12. The second kappa shape index (κ2) is 4.62. The van der Waals surface area contributed by atoms with Gasteiger partial charge in [-0.2, -0.15) is 0 Å². The molecular formula is C13H16N2O4. The van der Waals surface area contributed by atoms with Gasteiger partial charge in [0.05, 0.1) is 17.0 Å². The number of aromatic amines is 1. The summed E-state index contributed by atoms with van der Waals surface area (Å²) < 4.78 is 4.88. The van der Waals surface area contributed by atoms with Crippen molar-refractivity contribution in [3.05, 3.63) is 33.2 Å². The third-order valence-electron chi connectivity index (χ3n) is 3.50. The molecule has 1 aromatic heterocycles. The molecule has 0 amide bonds. The van der Waals surface area contributed by atoms with Crippen LogP contribution in [0.3, 0.4) is 0 Å². The first kappa shape index (κ1) is 13.5. The Morgan fingerprint density at radius 1 is 1.58 bits per heavy atom. The fourth-order valence-electron chi connectivity index (χ4n) is 2.12. The van der Waals surface area contributed by atoms with Gasteiger partial charge in [0, 0.05) is 12.6 Å². The first-order valence-corrected chi connectivity index (χ1v) is 6.04. The molecular weight excluding hydrogens is 248 g/mol. The van der Waals surface area contributed by atoms with E-state index < -0.39 is 11.6 Å². The van der Waals surface area contributed by atoms with E-state index in [0.29, 0.717) is 17.0 Å². The number of nitrogens with zero attached hydrogens (tertiary/aromatic N) is 1. The van der Waals surface area contributed by atoms with E-state index in [1.165, 1.54) is 0 Å². The van der Waals surface area contributed by atoms with E-state index in [1.807, 2.05) is 0 Å². The molecule has 19 heavy (non-hydrogen) atoms. The Hall–Kier alpha value is -1.95. The zero-order valence-electron chi connectivity index (χ0n) is 11.1. The maximum absolute atomic E-state index is 12.0. The lowest BCUT2D eigenvalue weighted by molar-refractivity contribution is -0.172. The monoisotopic (exact) mass is 264 g/mol. The molecule has 0 saturated carbocycles. The van der Waals surface area contributed by atoms with E-state index in [1.54, 1.807) is 27.0 Å². The van der Waals surface area contributed by atoms with Gasteiger partial charge in [0.1, 0.15) is 6.61 Å². The molecule has 1 aliphatic heterocycles. The van der Waals surface area contributed by atoms with Gasteiger partial charge in [-0.15, -0.1) is 0 Å². The van der Waals surface area contributed by atoms with Crippen molar-refractivity contribution in [1.82, 2.24) is 4.98 Å². The van der Waals surface area contributed by atoms with E-state index in [2.05, 4.69) is 9.98 Å². The third kappa shape index (κ3) is 1.98. The predicted octanol–water partition coefficient (Wildman–Crippen LogP) is 0.468. The topological polar surface area (TPSA) is 91.8 Å².